The highest BCUT2D eigenvalue weighted by molar-refractivity contribution is 5.98. The number of nitrogens with one attached hydrogen (secondary N) is 1. The molecule has 0 unspecified atom stereocenters. The molecule has 0 aliphatic carbocycles. The average molecular weight is 274 g/mol. The highest BCUT2D eigenvalue weighted by Gasteiger charge is 2.18. The molecule has 20 heavy (non-hydrogen) atoms. The summed E-state index contributed by atoms with van der Waals surface area (Å²) < 4.78 is 1.99. The van der Waals surface area contributed by atoms with E-state index in [1.165, 1.54) is 0 Å². The summed E-state index contributed by atoms with van der Waals surface area (Å²) in [5.74, 6) is 0.121. The van der Waals surface area contributed by atoms with Crippen LogP contribution >= 0.6 is 0 Å². The summed E-state index contributed by atoms with van der Waals surface area (Å²) in [6.45, 7) is 4.05. The Labute approximate surface area is 119 Å². The molecule has 1 heterocycles. The third-order valence-corrected chi connectivity index (χ3v) is 3.99. The van der Waals surface area contributed by atoms with Crippen LogP contribution in [-0.4, -0.2) is 28.2 Å². The summed E-state index contributed by atoms with van der Waals surface area (Å²) in [5.41, 5.74) is 1.66. The first-order chi connectivity index (χ1) is 9.56. The van der Waals surface area contributed by atoms with Crippen molar-refractivity contribution in [2.45, 2.75) is 26.3 Å². The molecule has 4 nitrogen and oxygen atoms in total. The number of carbonyl (C=O) groups is 1. The molecular weight excluding hydrogens is 252 g/mol. The summed E-state index contributed by atoms with van der Waals surface area (Å²) in [7, 11) is 1.96. The Morgan fingerprint density at radius 1 is 1.40 bits per heavy atom. The monoisotopic (exact) mass is 274 g/mol. The second-order valence-corrected chi connectivity index (χ2v) is 5.35. The Morgan fingerprint density at radius 3 is 2.80 bits per heavy atom. The van der Waals surface area contributed by atoms with E-state index in [-0.39, 0.29) is 24.5 Å². The molecule has 0 aliphatic rings. The fourth-order valence-electron chi connectivity index (χ4n) is 2.31. The van der Waals surface area contributed by atoms with E-state index in [9.17, 15) is 9.90 Å². The van der Waals surface area contributed by atoms with Gasteiger partial charge in [-0.15, -0.1) is 0 Å². The third-order valence-electron chi connectivity index (χ3n) is 3.99. The first-order valence-electron chi connectivity index (χ1n) is 7.03. The quantitative estimate of drug-likeness (QED) is 0.879. The first kappa shape index (κ1) is 14.6. The first-order valence-corrected chi connectivity index (χ1v) is 7.03. The van der Waals surface area contributed by atoms with Crippen LogP contribution in [0.5, 0.6) is 0 Å². The van der Waals surface area contributed by atoms with Crippen LogP contribution in [0.4, 0.5) is 0 Å². The minimum Gasteiger partial charge on any atom is -0.394 e. The van der Waals surface area contributed by atoms with Gasteiger partial charge in [-0.2, -0.15) is 0 Å². The summed E-state index contributed by atoms with van der Waals surface area (Å²) in [5, 5.41) is 13.4. The molecule has 2 N–H and O–H groups in total. The zero-order valence-corrected chi connectivity index (χ0v) is 12.3. The summed E-state index contributed by atoms with van der Waals surface area (Å²) in [6, 6.07) is 7.48. The minimum absolute atomic E-state index is 0.0346. The Balaban J connectivity index is 2.20. The number of aryl methyl sites for hydroxylation is 1. The SMILES string of the molecule is CC[C@H](C)[C@H](CO)NC(=O)c1ccc2ccn(C)c2c1. The van der Waals surface area contributed by atoms with E-state index in [0.717, 1.165) is 17.3 Å². The molecule has 0 radical (unpaired) electrons. The molecule has 1 aromatic carbocycles. The number of nitrogens with zero attached hydrogens (tertiary/aromatic N) is 1. The van der Waals surface area contributed by atoms with Crippen molar-refractivity contribution in [1.29, 1.82) is 0 Å². The Hall–Kier alpha value is -1.81. The van der Waals surface area contributed by atoms with Gasteiger partial charge in [-0.25, -0.2) is 0 Å². The highest BCUT2D eigenvalue weighted by Crippen LogP contribution is 2.17. The zero-order valence-electron chi connectivity index (χ0n) is 12.3. The number of aliphatic hydroxyl groups is 1. The van der Waals surface area contributed by atoms with E-state index in [2.05, 4.69) is 12.2 Å². The maximum atomic E-state index is 12.3. The molecule has 1 aromatic heterocycles. The van der Waals surface area contributed by atoms with Crippen LogP contribution in [0, 0.1) is 5.92 Å². The molecule has 0 saturated heterocycles. The van der Waals surface area contributed by atoms with Gasteiger partial charge in [0.2, 0.25) is 0 Å². The lowest BCUT2D eigenvalue weighted by atomic mass is 9.99. The second kappa shape index (κ2) is 6.09. The normalized spacial score (nSPS) is 14.2. The number of benzene rings is 1. The zero-order chi connectivity index (χ0) is 14.7. The van der Waals surface area contributed by atoms with E-state index in [0.29, 0.717) is 5.56 Å². The van der Waals surface area contributed by atoms with Gasteiger partial charge in [0.05, 0.1) is 12.6 Å². The van der Waals surface area contributed by atoms with Gasteiger partial charge in [-0.1, -0.05) is 26.3 Å². The predicted octanol–water partition coefficient (Wildman–Crippen LogP) is 2.32. The molecule has 108 valence electrons. The van der Waals surface area contributed by atoms with Crippen molar-refractivity contribution in [3.63, 3.8) is 0 Å². The van der Waals surface area contributed by atoms with Gasteiger partial charge in [0, 0.05) is 24.3 Å². The van der Waals surface area contributed by atoms with Crippen LogP contribution in [-0.2, 0) is 7.05 Å². The maximum absolute atomic E-state index is 12.3. The molecule has 0 aliphatic heterocycles. The van der Waals surface area contributed by atoms with Crippen molar-refractivity contribution >= 4 is 16.8 Å². The van der Waals surface area contributed by atoms with Crippen molar-refractivity contribution in [2.75, 3.05) is 6.61 Å². The lowest BCUT2D eigenvalue weighted by molar-refractivity contribution is 0.0891. The Kier molecular flexibility index (Phi) is 4.45. The molecular formula is C16H22N2O2. The molecule has 0 spiro atoms. The largest absolute Gasteiger partial charge is 0.394 e. The van der Waals surface area contributed by atoms with Crippen molar-refractivity contribution < 1.29 is 9.90 Å². The van der Waals surface area contributed by atoms with Crippen LogP contribution in [0.3, 0.4) is 0 Å². The molecule has 2 atom stereocenters. The third kappa shape index (κ3) is 2.85. The molecule has 1 amide bonds. The number of amides is 1. The van der Waals surface area contributed by atoms with Crippen molar-refractivity contribution in [3.8, 4) is 0 Å². The molecule has 4 heteroatoms. The lowest BCUT2D eigenvalue weighted by Crippen LogP contribution is -2.41. The number of aliphatic hydroxyl groups excluding tert-OH is 1. The van der Waals surface area contributed by atoms with Crippen LogP contribution < -0.4 is 5.32 Å². The van der Waals surface area contributed by atoms with E-state index in [1.54, 1.807) is 0 Å². The van der Waals surface area contributed by atoms with Gasteiger partial charge in [-0.3, -0.25) is 4.79 Å². The summed E-state index contributed by atoms with van der Waals surface area (Å²) in [6.07, 6.45) is 2.89. The van der Waals surface area contributed by atoms with Crippen LogP contribution in [0.25, 0.3) is 10.9 Å². The van der Waals surface area contributed by atoms with Gasteiger partial charge in [0.15, 0.2) is 0 Å². The number of hydrogen-bond acceptors (Lipinski definition) is 2. The van der Waals surface area contributed by atoms with E-state index < -0.39 is 0 Å². The Bertz CT molecular complexity index is 604. The summed E-state index contributed by atoms with van der Waals surface area (Å²) in [4.78, 5) is 12.3. The van der Waals surface area contributed by atoms with Crippen LogP contribution in [0.1, 0.15) is 30.6 Å². The predicted molar refractivity (Wildman–Crippen MR) is 80.7 cm³/mol. The highest BCUT2D eigenvalue weighted by atomic mass is 16.3. The number of aromatic nitrogens is 1. The lowest BCUT2D eigenvalue weighted by Gasteiger charge is -2.22. The second-order valence-electron chi connectivity index (χ2n) is 5.35. The van der Waals surface area contributed by atoms with Crippen LogP contribution in [0.2, 0.25) is 0 Å². The molecule has 2 rings (SSSR count). The molecule has 0 saturated carbocycles. The van der Waals surface area contributed by atoms with Crippen molar-refractivity contribution in [1.82, 2.24) is 9.88 Å². The smallest absolute Gasteiger partial charge is 0.251 e. The summed E-state index contributed by atoms with van der Waals surface area (Å²) >= 11 is 0. The fourth-order valence-corrected chi connectivity index (χ4v) is 2.31. The molecule has 0 bridgehead atoms. The number of carbonyl (C=O) groups excluding carboxylic acids is 1. The maximum Gasteiger partial charge on any atom is 0.251 e. The van der Waals surface area contributed by atoms with Gasteiger partial charge < -0.3 is 15.0 Å². The minimum atomic E-state index is -0.198. The average Bonchev–Trinajstić information content (AvgIpc) is 2.84. The number of hydrogen-bond donors (Lipinski definition) is 2. The van der Waals surface area contributed by atoms with E-state index in [4.69, 9.17) is 0 Å². The van der Waals surface area contributed by atoms with Crippen molar-refractivity contribution in [3.05, 3.63) is 36.0 Å². The van der Waals surface area contributed by atoms with Gasteiger partial charge in [-0.05, 0) is 29.5 Å². The van der Waals surface area contributed by atoms with Gasteiger partial charge in [0.1, 0.15) is 0 Å². The molecule has 0 fully saturated rings. The van der Waals surface area contributed by atoms with E-state index in [1.807, 2.05) is 49.0 Å². The fraction of sp³-hybridized carbons (Fsp3) is 0.438. The van der Waals surface area contributed by atoms with E-state index >= 15 is 0 Å². The Morgan fingerprint density at radius 2 is 2.15 bits per heavy atom. The van der Waals surface area contributed by atoms with Crippen LogP contribution in [0.15, 0.2) is 30.5 Å². The molecule has 2 aromatic rings. The standard InChI is InChI=1S/C16H22N2O2/c1-4-11(2)14(10-19)17-16(20)13-6-5-12-7-8-18(3)15(12)9-13/h5-9,11,14,19H,4,10H2,1-3H3,(H,17,20)/t11-,14-/m0/s1. The van der Waals surface area contributed by atoms with Gasteiger partial charge >= 0.3 is 0 Å². The van der Waals surface area contributed by atoms with Gasteiger partial charge in [0.25, 0.3) is 5.91 Å². The number of fused-ring (bicyclic) bond motifs is 1. The number of rotatable bonds is 5. The topological polar surface area (TPSA) is 54.3 Å². The van der Waals surface area contributed by atoms with Crippen molar-refractivity contribution in [2.24, 2.45) is 13.0 Å².